The van der Waals surface area contributed by atoms with Gasteiger partial charge in [-0.2, -0.15) is 0 Å². The van der Waals surface area contributed by atoms with Gasteiger partial charge in [-0.15, -0.1) is 0 Å². The van der Waals surface area contributed by atoms with E-state index in [0.717, 1.165) is 25.8 Å². The average molecular weight is 155 g/mol. The first kappa shape index (κ1) is 10.0. The van der Waals surface area contributed by atoms with Gasteiger partial charge in [0, 0.05) is 6.54 Å². The lowest BCUT2D eigenvalue weighted by Gasteiger charge is -1.93. The van der Waals surface area contributed by atoms with Crippen molar-refractivity contribution in [3.63, 3.8) is 0 Å². The first-order valence-corrected chi connectivity index (χ1v) is 3.94. The number of rotatable bonds is 5. The summed E-state index contributed by atoms with van der Waals surface area (Å²) in [6.07, 6.45) is 7.54. The number of allylic oxidation sites excluding steroid dienone is 2. The van der Waals surface area contributed by atoms with Crippen molar-refractivity contribution in [1.82, 2.24) is 0 Å². The number of hydrogen-bond donors (Lipinski definition) is 2. The zero-order valence-corrected chi connectivity index (χ0v) is 7.09. The Kier molecular flexibility index (Phi) is 6.48. The molecular formula is C8H17N3. The summed E-state index contributed by atoms with van der Waals surface area (Å²) in [6.45, 7) is 2.77. The Morgan fingerprint density at radius 3 is 2.64 bits per heavy atom. The number of aliphatic imine (C=N–C) groups is 1. The zero-order chi connectivity index (χ0) is 8.53. The fraction of sp³-hybridized carbons (Fsp3) is 0.625. The second kappa shape index (κ2) is 7.12. The van der Waals surface area contributed by atoms with E-state index < -0.39 is 0 Å². The lowest BCUT2D eigenvalue weighted by Crippen LogP contribution is -2.22. The molecule has 0 aliphatic heterocycles. The van der Waals surface area contributed by atoms with E-state index in [2.05, 4.69) is 17.1 Å². The summed E-state index contributed by atoms with van der Waals surface area (Å²) >= 11 is 0. The molecule has 0 bridgehead atoms. The molecule has 0 atom stereocenters. The maximum Gasteiger partial charge on any atom is 0.185 e. The summed E-state index contributed by atoms with van der Waals surface area (Å²) in [6, 6.07) is 0. The molecule has 0 aliphatic rings. The Bertz CT molecular complexity index is 134. The molecule has 3 nitrogen and oxygen atoms in total. The Morgan fingerprint density at radius 2 is 2.09 bits per heavy atom. The maximum atomic E-state index is 5.15. The van der Waals surface area contributed by atoms with Gasteiger partial charge in [0.2, 0.25) is 0 Å². The molecule has 64 valence electrons. The van der Waals surface area contributed by atoms with Crippen LogP contribution in [0.4, 0.5) is 0 Å². The predicted octanol–water partition coefficient (Wildman–Crippen LogP) is 1.01. The van der Waals surface area contributed by atoms with Gasteiger partial charge in [-0.25, -0.2) is 0 Å². The Balaban J connectivity index is 3.09. The molecule has 0 rings (SSSR count). The Hall–Kier alpha value is -0.990. The summed E-state index contributed by atoms with van der Waals surface area (Å²) in [5.74, 6) is 0.191. The molecule has 0 aromatic rings. The van der Waals surface area contributed by atoms with Gasteiger partial charge in [-0.05, 0) is 26.2 Å². The molecule has 3 heteroatoms. The third-order valence-corrected chi connectivity index (χ3v) is 1.31. The van der Waals surface area contributed by atoms with E-state index in [1.807, 2.05) is 6.92 Å². The van der Waals surface area contributed by atoms with Crippen LogP contribution in [0.25, 0.3) is 0 Å². The molecule has 0 fully saturated rings. The van der Waals surface area contributed by atoms with Crippen molar-refractivity contribution in [2.75, 3.05) is 6.54 Å². The van der Waals surface area contributed by atoms with Gasteiger partial charge in [0.25, 0.3) is 0 Å². The van der Waals surface area contributed by atoms with Crippen LogP contribution < -0.4 is 11.5 Å². The molecule has 0 amide bonds. The van der Waals surface area contributed by atoms with Crippen molar-refractivity contribution in [3.8, 4) is 0 Å². The number of nitrogens with two attached hydrogens (primary N) is 2. The second-order valence-corrected chi connectivity index (χ2v) is 2.37. The highest BCUT2D eigenvalue weighted by molar-refractivity contribution is 5.75. The third kappa shape index (κ3) is 9.01. The van der Waals surface area contributed by atoms with Crippen LogP contribution in [0, 0.1) is 0 Å². The lowest BCUT2D eigenvalue weighted by atomic mass is 10.2. The molecule has 0 saturated heterocycles. The first-order chi connectivity index (χ1) is 5.27. The molecule has 0 aromatic carbocycles. The molecule has 0 unspecified atom stereocenters. The van der Waals surface area contributed by atoms with Crippen LogP contribution >= 0.6 is 0 Å². The minimum Gasteiger partial charge on any atom is -0.370 e. The summed E-state index contributed by atoms with van der Waals surface area (Å²) < 4.78 is 0. The standard InChI is InChI=1S/C8H17N3/c1-2-3-4-5-6-7-11-8(9)10/h2-3H,4-7H2,1H3,(H4,9,10,11). The van der Waals surface area contributed by atoms with Gasteiger partial charge in [0.05, 0.1) is 0 Å². The molecule has 0 saturated carbocycles. The van der Waals surface area contributed by atoms with E-state index in [1.54, 1.807) is 0 Å². The monoisotopic (exact) mass is 155 g/mol. The first-order valence-electron chi connectivity index (χ1n) is 3.94. The minimum absolute atomic E-state index is 0.191. The van der Waals surface area contributed by atoms with Crippen LogP contribution in [0.3, 0.4) is 0 Å². The molecule has 0 aliphatic carbocycles. The third-order valence-electron chi connectivity index (χ3n) is 1.31. The van der Waals surface area contributed by atoms with Crippen LogP contribution in [0.2, 0.25) is 0 Å². The zero-order valence-electron chi connectivity index (χ0n) is 7.09. The largest absolute Gasteiger partial charge is 0.370 e. The lowest BCUT2D eigenvalue weighted by molar-refractivity contribution is 0.758. The molecule has 0 spiro atoms. The van der Waals surface area contributed by atoms with Gasteiger partial charge in [0.1, 0.15) is 0 Å². The second-order valence-electron chi connectivity index (χ2n) is 2.37. The predicted molar refractivity (Wildman–Crippen MR) is 49.3 cm³/mol. The van der Waals surface area contributed by atoms with Crippen LogP contribution in [0.15, 0.2) is 17.1 Å². The molecule has 0 radical (unpaired) electrons. The molecule has 0 aromatic heterocycles. The fourth-order valence-corrected chi connectivity index (χ4v) is 0.749. The van der Waals surface area contributed by atoms with Gasteiger partial charge in [0.15, 0.2) is 5.96 Å². The van der Waals surface area contributed by atoms with Crippen molar-refractivity contribution in [2.45, 2.75) is 26.2 Å². The van der Waals surface area contributed by atoms with Crippen LogP contribution in [-0.4, -0.2) is 12.5 Å². The van der Waals surface area contributed by atoms with Crippen molar-refractivity contribution in [3.05, 3.63) is 12.2 Å². The van der Waals surface area contributed by atoms with Gasteiger partial charge < -0.3 is 11.5 Å². The Morgan fingerprint density at radius 1 is 1.36 bits per heavy atom. The highest BCUT2D eigenvalue weighted by Crippen LogP contribution is 1.96. The van der Waals surface area contributed by atoms with Crippen molar-refractivity contribution < 1.29 is 0 Å². The van der Waals surface area contributed by atoms with Crippen LogP contribution in [0.1, 0.15) is 26.2 Å². The summed E-state index contributed by atoms with van der Waals surface area (Å²) in [5, 5.41) is 0. The molecule has 0 heterocycles. The normalized spacial score (nSPS) is 10.3. The van der Waals surface area contributed by atoms with Crippen LogP contribution in [0.5, 0.6) is 0 Å². The Labute approximate surface area is 68.2 Å². The van der Waals surface area contributed by atoms with Gasteiger partial charge in [-0.1, -0.05) is 12.2 Å². The van der Waals surface area contributed by atoms with Crippen molar-refractivity contribution >= 4 is 5.96 Å². The number of guanidine groups is 1. The van der Waals surface area contributed by atoms with Crippen molar-refractivity contribution in [1.29, 1.82) is 0 Å². The fourth-order valence-electron chi connectivity index (χ4n) is 0.749. The quantitative estimate of drug-likeness (QED) is 0.269. The smallest absolute Gasteiger partial charge is 0.185 e. The van der Waals surface area contributed by atoms with Gasteiger partial charge in [-0.3, -0.25) is 4.99 Å². The highest BCUT2D eigenvalue weighted by Gasteiger charge is 1.84. The summed E-state index contributed by atoms with van der Waals surface area (Å²) in [5.41, 5.74) is 10.3. The van der Waals surface area contributed by atoms with E-state index >= 15 is 0 Å². The van der Waals surface area contributed by atoms with E-state index in [9.17, 15) is 0 Å². The highest BCUT2D eigenvalue weighted by atomic mass is 15.0. The molecule has 11 heavy (non-hydrogen) atoms. The number of unbranched alkanes of at least 4 members (excludes halogenated alkanes) is 2. The van der Waals surface area contributed by atoms with E-state index in [-0.39, 0.29) is 5.96 Å². The molecule has 4 N–H and O–H groups in total. The average Bonchev–Trinajstić information content (AvgIpc) is 1.96. The topological polar surface area (TPSA) is 64.4 Å². The van der Waals surface area contributed by atoms with E-state index in [4.69, 9.17) is 11.5 Å². The number of hydrogen-bond acceptors (Lipinski definition) is 1. The maximum absolute atomic E-state index is 5.15. The minimum atomic E-state index is 0.191. The van der Waals surface area contributed by atoms with E-state index in [1.165, 1.54) is 0 Å². The van der Waals surface area contributed by atoms with Gasteiger partial charge >= 0.3 is 0 Å². The van der Waals surface area contributed by atoms with Crippen molar-refractivity contribution in [2.24, 2.45) is 16.5 Å². The summed E-state index contributed by atoms with van der Waals surface area (Å²) in [7, 11) is 0. The van der Waals surface area contributed by atoms with E-state index in [0.29, 0.717) is 0 Å². The summed E-state index contributed by atoms with van der Waals surface area (Å²) in [4.78, 5) is 3.87. The SMILES string of the molecule is CC=CCCCCN=C(N)N. The molecular weight excluding hydrogens is 138 g/mol. The van der Waals surface area contributed by atoms with Crippen LogP contribution in [-0.2, 0) is 0 Å². The number of nitrogens with zero attached hydrogens (tertiary/aromatic N) is 1.